The molecule has 0 aliphatic heterocycles. The van der Waals surface area contributed by atoms with Gasteiger partial charge in [0.05, 0.1) is 0 Å². The van der Waals surface area contributed by atoms with Gasteiger partial charge < -0.3 is 4.90 Å². The number of amides is 1. The number of hydrogen-bond acceptors (Lipinski definition) is 4. The van der Waals surface area contributed by atoms with Crippen molar-refractivity contribution in [1.29, 1.82) is 0 Å². The van der Waals surface area contributed by atoms with E-state index in [9.17, 15) is 4.79 Å². The molecule has 1 aromatic rings. The molecule has 0 bridgehead atoms. The summed E-state index contributed by atoms with van der Waals surface area (Å²) in [4.78, 5) is 16.7. The van der Waals surface area contributed by atoms with Crippen LogP contribution < -0.4 is 4.90 Å². The number of thioether (sulfide) groups is 1. The van der Waals surface area contributed by atoms with Crippen molar-refractivity contribution in [2.45, 2.75) is 0 Å². The van der Waals surface area contributed by atoms with Crippen molar-refractivity contribution in [3.05, 3.63) is 24.5 Å². The van der Waals surface area contributed by atoms with E-state index in [-0.39, 0.29) is 5.24 Å². The molecule has 0 saturated heterocycles. The van der Waals surface area contributed by atoms with Gasteiger partial charge in [-0.15, -0.1) is 0 Å². The average molecular weight is 212 g/mol. The maximum absolute atomic E-state index is 11.3. The number of nitrogens with zero attached hydrogens (tertiary/aromatic N) is 2. The van der Waals surface area contributed by atoms with E-state index >= 15 is 0 Å². The lowest BCUT2D eigenvalue weighted by Crippen LogP contribution is -2.21. The fourth-order valence-electron chi connectivity index (χ4n) is 0.793. The van der Waals surface area contributed by atoms with Crippen molar-refractivity contribution in [2.24, 2.45) is 0 Å². The van der Waals surface area contributed by atoms with Gasteiger partial charge >= 0.3 is 0 Å². The van der Waals surface area contributed by atoms with E-state index in [1.165, 1.54) is 9.60 Å². The molecule has 1 heterocycles. The van der Waals surface area contributed by atoms with Crippen LogP contribution in [-0.4, -0.2) is 22.0 Å². The van der Waals surface area contributed by atoms with E-state index in [1.807, 2.05) is 0 Å². The van der Waals surface area contributed by atoms with Gasteiger partial charge in [-0.2, -0.15) is 0 Å². The molecule has 0 aromatic carbocycles. The summed E-state index contributed by atoms with van der Waals surface area (Å²) in [5.74, 6) is 0. The number of anilines is 1. The van der Waals surface area contributed by atoms with Gasteiger partial charge in [-0.3, -0.25) is 9.78 Å². The fraction of sp³-hybridized carbons (Fsp3) is 0.125. The molecule has 0 atom stereocenters. The fourth-order valence-corrected chi connectivity index (χ4v) is 1.39. The second kappa shape index (κ2) is 4.94. The summed E-state index contributed by atoms with van der Waals surface area (Å²) in [6.07, 6.45) is 3.28. The summed E-state index contributed by atoms with van der Waals surface area (Å²) < 4.78 is 1.35. The third-order valence-corrected chi connectivity index (χ3v) is 2.33. The standard InChI is InChI=1S/C8H8N2OS2/c1-10(8(11)13-6-12)7-2-4-9-5-3-7/h2-6H,1H3. The lowest BCUT2D eigenvalue weighted by Gasteiger charge is -2.14. The molecule has 0 unspecified atom stereocenters. The highest BCUT2D eigenvalue weighted by Crippen LogP contribution is 2.14. The molecule has 0 aliphatic carbocycles. The number of carbonyl (C=O) groups is 1. The molecular formula is C8H8N2OS2. The van der Waals surface area contributed by atoms with Crippen LogP contribution in [0, 0.1) is 0 Å². The van der Waals surface area contributed by atoms with Crippen molar-refractivity contribution in [2.75, 3.05) is 11.9 Å². The van der Waals surface area contributed by atoms with E-state index in [0.717, 1.165) is 17.4 Å². The van der Waals surface area contributed by atoms with Crippen LogP contribution in [0.2, 0.25) is 0 Å². The number of carbonyl (C=O) groups excluding carboxylic acids is 1. The van der Waals surface area contributed by atoms with Gasteiger partial charge in [-0.25, -0.2) is 0 Å². The second-order valence-electron chi connectivity index (χ2n) is 2.24. The van der Waals surface area contributed by atoms with Crippen LogP contribution in [0.25, 0.3) is 0 Å². The largest absolute Gasteiger partial charge is 0.306 e. The van der Waals surface area contributed by atoms with E-state index in [4.69, 9.17) is 0 Å². The Bertz CT molecular complexity index is 302. The third kappa shape index (κ3) is 2.78. The highest BCUT2D eigenvalue weighted by Gasteiger charge is 2.08. The average Bonchev–Trinajstić information content (AvgIpc) is 2.18. The van der Waals surface area contributed by atoms with Gasteiger partial charge in [0.15, 0.2) is 0 Å². The summed E-state index contributed by atoms with van der Waals surface area (Å²) in [5, 5.41) is -0.0961. The van der Waals surface area contributed by atoms with Crippen molar-refractivity contribution in [3.63, 3.8) is 0 Å². The Kier molecular flexibility index (Phi) is 3.85. The zero-order valence-electron chi connectivity index (χ0n) is 7.01. The zero-order chi connectivity index (χ0) is 9.68. The smallest absolute Gasteiger partial charge is 0.290 e. The van der Waals surface area contributed by atoms with Gasteiger partial charge in [-0.1, -0.05) is 12.2 Å². The second-order valence-corrected chi connectivity index (χ2v) is 3.60. The molecule has 1 amide bonds. The number of hydrogen-bond donors (Lipinski definition) is 0. The van der Waals surface area contributed by atoms with Crippen LogP contribution in [-0.2, 0) is 0 Å². The molecular weight excluding hydrogens is 204 g/mol. The molecule has 1 rings (SSSR count). The van der Waals surface area contributed by atoms with Crippen LogP contribution in [0.4, 0.5) is 10.5 Å². The normalized spacial score (nSPS) is 9.31. The first-order valence-electron chi connectivity index (χ1n) is 3.53. The van der Waals surface area contributed by atoms with Crippen molar-refractivity contribution >= 4 is 39.6 Å². The number of thiocarbonyl (C=S) groups is 1. The number of aromatic nitrogens is 1. The van der Waals surface area contributed by atoms with Gasteiger partial charge in [0.2, 0.25) is 0 Å². The van der Waals surface area contributed by atoms with Crippen LogP contribution in [0.3, 0.4) is 0 Å². The van der Waals surface area contributed by atoms with Gasteiger partial charge in [0.25, 0.3) is 5.24 Å². The molecule has 0 saturated carbocycles. The van der Waals surface area contributed by atoms with Gasteiger partial charge in [-0.05, 0) is 23.9 Å². The molecule has 0 radical (unpaired) electrons. The Morgan fingerprint density at radius 1 is 1.62 bits per heavy atom. The first-order valence-corrected chi connectivity index (χ1v) is 4.89. The molecule has 5 heteroatoms. The molecule has 0 aliphatic rings. The van der Waals surface area contributed by atoms with Crippen molar-refractivity contribution in [3.8, 4) is 0 Å². The molecule has 0 spiro atoms. The lowest BCUT2D eigenvalue weighted by molar-refractivity contribution is 0.266. The minimum Gasteiger partial charge on any atom is -0.306 e. The monoisotopic (exact) mass is 212 g/mol. The van der Waals surface area contributed by atoms with Crippen LogP contribution in [0.1, 0.15) is 0 Å². The van der Waals surface area contributed by atoms with Crippen LogP contribution >= 0.6 is 24.0 Å². The predicted octanol–water partition coefficient (Wildman–Crippen LogP) is 2.33. The maximum atomic E-state index is 11.3. The minimum absolute atomic E-state index is 0.0961. The van der Waals surface area contributed by atoms with Crippen molar-refractivity contribution in [1.82, 2.24) is 4.98 Å². The number of rotatable bonds is 2. The van der Waals surface area contributed by atoms with Gasteiger partial charge in [0, 0.05) is 29.8 Å². The first-order chi connectivity index (χ1) is 6.25. The Morgan fingerprint density at radius 2 is 2.23 bits per heavy atom. The summed E-state index contributed by atoms with van der Waals surface area (Å²) in [7, 11) is 1.70. The minimum atomic E-state index is -0.0961. The van der Waals surface area contributed by atoms with Gasteiger partial charge in [0.1, 0.15) is 0 Å². The summed E-state index contributed by atoms with van der Waals surface area (Å²) in [6, 6.07) is 3.53. The highest BCUT2D eigenvalue weighted by molar-refractivity contribution is 8.31. The Hall–Kier alpha value is -0.940. The topological polar surface area (TPSA) is 33.2 Å². The molecule has 0 N–H and O–H groups in total. The predicted molar refractivity (Wildman–Crippen MR) is 59.3 cm³/mol. The van der Waals surface area contributed by atoms with E-state index in [1.54, 1.807) is 31.6 Å². The molecule has 13 heavy (non-hydrogen) atoms. The summed E-state index contributed by atoms with van der Waals surface area (Å²) in [5.41, 5.74) is 0.810. The van der Waals surface area contributed by atoms with E-state index < -0.39 is 0 Å². The first kappa shape index (κ1) is 10.1. The molecule has 0 fully saturated rings. The quantitative estimate of drug-likeness (QED) is 0.704. The lowest BCUT2D eigenvalue weighted by atomic mass is 10.4. The van der Waals surface area contributed by atoms with Crippen molar-refractivity contribution < 1.29 is 4.79 Å². The van der Waals surface area contributed by atoms with Crippen LogP contribution in [0.15, 0.2) is 24.5 Å². The summed E-state index contributed by atoms with van der Waals surface area (Å²) in [6.45, 7) is 0. The molecule has 68 valence electrons. The van der Waals surface area contributed by atoms with E-state index in [0.29, 0.717) is 0 Å². The number of pyridine rings is 1. The zero-order valence-corrected chi connectivity index (χ0v) is 8.64. The maximum Gasteiger partial charge on any atom is 0.290 e. The SMILES string of the molecule is CN(C(=O)SC=S)c1ccncc1. The molecule has 1 aromatic heterocycles. The Balaban J connectivity index is 2.73. The van der Waals surface area contributed by atoms with E-state index in [2.05, 4.69) is 17.2 Å². The Labute approximate surface area is 86.1 Å². The Morgan fingerprint density at radius 3 is 2.77 bits per heavy atom. The van der Waals surface area contributed by atoms with Crippen LogP contribution in [0.5, 0.6) is 0 Å². The summed E-state index contributed by atoms with van der Waals surface area (Å²) >= 11 is 5.57. The third-order valence-electron chi connectivity index (χ3n) is 1.47. The highest BCUT2D eigenvalue weighted by atomic mass is 32.2. The molecule has 3 nitrogen and oxygen atoms in total.